The van der Waals surface area contributed by atoms with Crippen molar-refractivity contribution in [2.45, 2.75) is 39.2 Å². The molecule has 0 saturated heterocycles. The molecule has 142 valence electrons. The van der Waals surface area contributed by atoms with Crippen LogP contribution in [-0.4, -0.2) is 38.1 Å². The quantitative estimate of drug-likeness (QED) is 0.560. The van der Waals surface area contributed by atoms with Gasteiger partial charge in [-0.3, -0.25) is 4.79 Å². The minimum atomic E-state index is -1.03. The average molecular weight is 370 g/mol. The highest BCUT2D eigenvalue weighted by molar-refractivity contribution is 5.84. The molecule has 3 N–H and O–H groups in total. The molecule has 3 aromatic rings. The van der Waals surface area contributed by atoms with Crippen molar-refractivity contribution in [3.05, 3.63) is 36.4 Å². The molecule has 0 aliphatic rings. The molecule has 0 saturated carbocycles. The van der Waals surface area contributed by atoms with Crippen LogP contribution in [0.4, 0.5) is 0 Å². The molecule has 2 heterocycles. The molecule has 0 radical (unpaired) electrons. The van der Waals surface area contributed by atoms with E-state index in [1.807, 2.05) is 37.4 Å². The summed E-state index contributed by atoms with van der Waals surface area (Å²) in [6, 6.07) is 6.88. The number of carboxylic acid groups (broad SMARTS) is 1. The number of carboxylic acids is 1. The van der Waals surface area contributed by atoms with E-state index >= 15 is 0 Å². The lowest BCUT2D eigenvalue weighted by Gasteiger charge is -2.19. The molecule has 8 heteroatoms. The van der Waals surface area contributed by atoms with Crippen LogP contribution in [0.1, 0.15) is 32.6 Å². The third kappa shape index (κ3) is 4.33. The highest BCUT2D eigenvalue weighted by atomic mass is 16.5. The van der Waals surface area contributed by atoms with Crippen molar-refractivity contribution >= 4 is 22.8 Å². The fourth-order valence-corrected chi connectivity index (χ4v) is 2.81. The minimum absolute atomic E-state index is 0.0809. The number of rotatable bonds is 8. The van der Waals surface area contributed by atoms with Gasteiger partial charge in [0, 0.05) is 30.1 Å². The largest absolute Gasteiger partial charge is 0.480 e. The molecule has 8 nitrogen and oxygen atoms in total. The van der Waals surface area contributed by atoms with E-state index in [4.69, 9.17) is 4.52 Å². The van der Waals surface area contributed by atoms with E-state index in [1.54, 1.807) is 6.92 Å². The summed E-state index contributed by atoms with van der Waals surface area (Å²) < 4.78 is 5.22. The van der Waals surface area contributed by atoms with Crippen LogP contribution in [-0.2, 0) is 16.0 Å². The lowest BCUT2D eigenvalue weighted by molar-refractivity contribution is -0.143. The van der Waals surface area contributed by atoms with Crippen molar-refractivity contribution in [3.8, 4) is 11.4 Å². The summed E-state index contributed by atoms with van der Waals surface area (Å²) in [5.41, 5.74) is 1.79. The van der Waals surface area contributed by atoms with Crippen LogP contribution in [0, 0.1) is 5.92 Å². The monoisotopic (exact) mass is 370 g/mol. The molecule has 2 unspecified atom stereocenters. The maximum absolute atomic E-state index is 12.1. The second kappa shape index (κ2) is 8.03. The van der Waals surface area contributed by atoms with Gasteiger partial charge in [-0.2, -0.15) is 4.98 Å². The molecule has 0 aliphatic heterocycles. The maximum Gasteiger partial charge on any atom is 0.326 e. The van der Waals surface area contributed by atoms with E-state index in [2.05, 4.69) is 20.4 Å². The number of aryl methyl sites for hydroxylation is 1. The Hall–Kier alpha value is -3.16. The van der Waals surface area contributed by atoms with Gasteiger partial charge < -0.3 is 19.9 Å². The summed E-state index contributed by atoms with van der Waals surface area (Å²) in [5, 5.41) is 16.9. The number of nitrogens with one attached hydrogen (secondary N) is 2. The zero-order valence-corrected chi connectivity index (χ0v) is 15.2. The first kappa shape index (κ1) is 18.6. The summed E-state index contributed by atoms with van der Waals surface area (Å²) in [6.07, 6.45) is 2.85. The van der Waals surface area contributed by atoms with Crippen LogP contribution < -0.4 is 5.32 Å². The highest BCUT2D eigenvalue weighted by Crippen LogP contribution is 2.21. The van der Waals surface area contributed by atoms with Gasteiger partial charge in [0.15, 0.2) is 0 Å². The van der Waals surface area contributed by atoms with Crippen LogP contribution in [0.2, 0.25) is 0 Å². The van der Waals surface area contributed by atoms with Gasteiger partial charge >= 0.3 is 5.97 Å². The lowest BCUT2D eigenvalue weighted by Crippen LogP contribution is -2.45. The maximum atomic E-state index is 12.1. The summed E-state index contributed by atoms with van der Waals surface area (Å²) in [5.74, 6) is -0.746. The number of aromatic amines is 1. The van der Waals surface area contributed by atoms with E-state index in [-0.39, 0.29) is 24.7 Å². The summed E-state index contributed by atoms with van der Waals surface area (Å²) in [7, 11) is 0. The van der Waals surface area contributed by atoms with Crippen LogP contribution >= 0.6 is 0 Å². The lowest BCUT2D eigenvalue weighted by atomic mass is 9.99. The number of amides is 1. The molecule has 2 aromatic heterocycles. The Morgan fingerprint density at radius 3 is 2.89 bits per heavy atom. The molecule has 3 rings (SSSR count). The third-order valence-electron chi connectivity index (χ3n) is 4.64. The Morgan fingerprint density at radius 2 is 2.15 bits per heavy atom. The second-order valence-electron chi connectivity index (χ2n) is 6.56. The normalized spacial score (nSPS) is 13.4. The van der Waals surface area contributed by atoms with Gasteiger partial charge in [-0.25, -0.2) is 4.79 Å². The zero-order valence-electron chi connectivity index (χ0n) is 15.2. The van der Waals surface area contributed by atoms with Crippen molar-refractivity contribution in [1.29, 1.82) is 0 Å². The molecular formula is C19H22N4O4. The fourth-order valence-electron chi connectivity index (χ4n) is 2.81. The van der Waals surface area contributed by atoms with Gasteiger partial charge in [0.05, 0.1) is 0 Å². The predicted molar refractivity (Wildman–Crippen MR) is 98.9 cm³/mol. The van der Waals surface area contributed by atoms with E-state index in [0.29, 0.717) is 18.1 Å². The number of H-pyrrole nitrogens is 1. The predicted octanol–water partition coefficient (Wildman–Crippen LogP) is 2.77. The topological polar surface area (TPSA) is 121 Å². The third-order valence-corrected chi connectivity index (χ3v) is 4.64. The van der Waals surface area contributed by atoms with Crippen LogP contribution in [0.5, 0.6) is 0 Å². The van der Waals surface area contributed by atoms with Crippen molar-refractivity contribution in [1.82, 2.24) is 20.4 Å². The molecule has 0 fully saturated rings. The van der Waals surface area contributed by atoms with Gasteiger partial charge in [-0.1, -0.05) is 37.6 Å². The Kier molecular flexibility index (Phi) is 5.54. The Balaban J connectivity index is 1.60. The van der Waals surface area contributed by atoms with Crippen molar-refractivity contribution < 1.29 is 19.2 Å². The van der Waals surface area contributed by atoms with Crippen molar-refractivity contribution in [2.75, 3.05) is 0 Å². The van der Waals surface area contributed by atoms with Gasteiger partial charge in [0.25, 0.3) is 0 Å². The molecule has 0 aliphatic carbocycles. The number of benzene rings is 1. The Morgan fingerprint density at radius 1 is 1.33 bits per heavy atom. The van der Waals surface area contributed by atoms with Gasteiger partial charge in [-0.15, -0.1) is 0 Å². The first-order valence-electron chi connectivity index (χ1n) is 8.90. The number of hydrogen-bond acceptors (Lipinski definition) is 5. The highest BCUT2D eigenvalue weighted by Gasteiger charge is 2.25. The first-order chi connectivity index (χ1) is 13.0. The summed E-state index contributed by atoms with van der Waals surface area (Å²) in [4.78, 5) is 30.8. The Labute approximate surface area is 156 Å². The minimum Gasteiger partial charge on any atom is -0.480 e. The molecular weight excluding hydrogens is 348 g/mol. The standard InChI is InChI=1S/C19H22N4O4/c1-3-11(2)17(19(25)26)21-15(24)6-7-16-22-18(23-27-16)13-5-4-12-8-9-20-14(12)10-13/h4-5,8-11,17,20H,3,6-7H2,1-2H3,(H,21,24)(H,25,26). The summed E-state index contributed by atoms with van der Waals surface area (Å²) in [6.45, 7) is 3.68. The van der Waals surface area contributed by atoms with Gasteiger partial charge in [0.1, 0.15) is 6.04 Å². The van der Waals surface area contributed by atoms with Crippen LogP contribution in [0.3, 0.4) is 0 Å². The number of fused-ring (bicyclic) bond motifs is 1. The number of carbonyl (C=O) groups is 2. The van der Waals surface area contributed by atoms with Crippen molar-refractivity contribution in [3.63, 3.8) is 0 Å². The van der Waals surface area contributed by atoms with E-state index < -0.39 is 12.0 Å². The van der Waals surface area contributed by atoms with E-state index in [1.165, 1.54) is 0 Å². The second-order valence-corrected chi connectivity index (χ2v) is 6.56. The van der Waals surface area contributed by atoms with Gasteiger partial charge in [-0.05, 0) is 23.4 Å². The van der Waals surface area contributed by atoms with Gasteiger partial charge in [0.2, 0.25) is 17.6 Å². The number of aliphatic carboxylic acids is 1. The molecule has 0 spiro atoms. The number of nitrogens with zero attached hydrogens (tertiary/aromatic N) is 2. The fraction of sp³-hybridized carbons (Fsp3) is 0.368. The van der Waals surface area contributed by atoms with Crippen LogP contribution in [0.15, 0.2) is 35.0 Å². The number of carbonyl (C=O) groups excluding carboxylic acids is 1. The molecule has 27 heavy (non-hydrogen) atoms. The molecule has 1 amide bonds. The zero-order chi connectivity index (χ0) is 19.4. The molecule has 0 bridgehead atoms. The van der Waals surface area contributed by atoms with E-state index in [0.717, 1.165) is 16.5 Å². The Bertz CT molecular complexity index is 946. The van der Waals surface area contributed by atoms with Crippen LogP contribution in [0.25, 0.3) is 22.3 Å². The molecule has 2 atom stereocenters. The average Bonchev–Trinajstić information content (AvgIpc) is 3.31. The number of aromatic nitrogens is 3. The smallest absolute Gasteiger partial charge is 0.326 e. The summed E-state index contributed by atoms with van der Waals surface area (Å²) >= 11 is 0. The molecule has 1 aromatic carbocycles. The van der Waals surface area contributed by atoms with Crippen molar-refractivity contribution in [2.24, 2.45) is 5.92 Å². The first-order valence-corrected chi connectivity index (χ1v) is 8.90. The number of hydrogen-bond donors (Lipinski definition) is 3. The SMILES string of the molecule is CCC(C)C(NC(=O)CCc1nc(-c2ccc3cc[nH]c3c2)no1)C(=O)O. The van der Waals surface area contributed by atoms with E-state index in [9.17, 15) is 14.7 Å².